The Bertz CT molecular complexity index is 851. The minimum atomic E-state index is -4.80. The Morgan fingerprint density at radius 2 is 1.68 bits per heavy atom. The Morgan fingerprint density at radius 1 is 1.00 bits per heavy atom. The van der Waals surface area contributed by atoms with Crippen LogP contribution in [-0.4, -0.2) is 20.0 Å². The lowest BCUT2D eigenvalue weighted by Crippen LogP contribution is -2.17. The van der Waals surface area contributed by atoms with Crippen molar-refractivity contribution < 1.29 is 30.8 Å². The number of anilines is 2. The van der Waals surface area contributed by atoms with Crippen LogP contribution in [-0.2, 0) is 12.5 Å². The van der Waals surface area contributed by atoms with Crippen LogP contribution >= 0.6 is 0 Å². The maximum Gasteiger partial charge on any atom is 0.504 e. The lowest BCUT2D eigenvalue weighted by atomic mass is 10.2. The normalized spacial score (nSPS) is 12.4. The second kappa shape index (κ2) is 5.79. The van der Waals surface area contributed by atoms with Crippen molar-refractivity contribution in [2.45, 2.75) is 12.5 Å². The molecule has 2 heterocycles. The lowest BCUT2D eigenvalue weighted by molar-refractivity contribution is -0.212. The van der Waals surface area contributed by atoms with Crippen LogP contribution in [0.25, 0.3) is 11.5 Å². The fourth-order valence-corrected chi connectivity index (χ4v) is 1.92. The first-order valence-corrected chi connectivity index (χ1v) is 6.52. The zero-order chi connectivity index (χ0) is 18.2. The molecule has 3 aromatic rings. The molecule has 0 aliphatic heterocycles. The average molecular weight is 363 g/mol. The number of benzene rings is 1. The molecule has 12 heteroatoms. The van der Waals surface area contributed by atoms with Gasteiger partial charge in [-0.3, -0.25) is 0 Å². The molecule has 25 heavy (non-hydrogen) atoms. The van der Waals surface area contributed by atoms with Gasteiger partial charge in [-0.1, -0.05) is 0 Å². The number of rotatable bonds is 3. The third kappa shape index (κ3) is 3.56. The molecule has 2 aromatic heterocycles. The molecule has 0 unspecified atom stereocenters. The summed E-state index contributed by atoms with van der Waals surface area (Å²) in [6.07, 6.45) is -7.78. The number of aromatic nitrogens is 4. The Kier molecular flexibility index (Phi) is 3.89. The molecule has 1 aromatic carbocycles. The molecule has 0 radical (unpaired) electrons. The highest BCUT2D eigenvalue weighted by Gasteiger charge is 2.34. The Hall–Kier alpha value is -3.05. The van der Waals surface area contributed by atoms with Crippen LogP contribution in [0, 0.1) is 0 Å². The standard InChI is InChI=1S/C13H7F6N5O/c14-12(15,16)7-1-3-8(4-2-7)21-10-9(11-22-20-6-25-11)5-24(23-10)13(17,18)19/h1-6H,(H,21,23). The van der Waals surface area contributed by atoms with Crippen molar-refractivity contribution in [2.24, 2.45) is 0 Å². The van der Waals surface area contributed by atoms with Gasteiger partial charge in [-0.2, -0.15) is 17.9 Å². The molecule has 6 nitrogen and oxygen atoms in total. The molecule has 0 fully saturated rings. The first-order valence-electron chi connectivity index (χ1n) is 6.52. The molecule has 0 bridgehead atoms. The van der Waals surface area contributed by atoms with Gasteiger partial charge in [-0.05, 0) is 24.3 Å². The van der Waals surface area contributed by atoms with Crippen LogP contribution < -0.4 is 5.32 Å². The van der Waals surface area contributed by atoms with Gasteiger partial charge in [0.05, 0.1) is 5.56 Å². The summed E-state index contributed by atoms with van der Waals surface area (Å²) in [4.78, 5) is 0. The number of nitrogens with zero attached hydrogens (tertiary/aromatic N) is 4. The lowest BCUT2D eigenvalue weighted by Gasteiger charge is -2.09. The van der Waals surface area contributed by atoms with Crippen molar-refractivity contribution in [1.82, 2.24) is 20.0 Å². The minimum Gasteiger partial charge on any atom is -0.423 e. The van der Waals surface area contributed by atoms with E-state index in [2.05, 4.69) is 20.6 Å². The van der Waals surface area contributed by atoms with Crippen molar-refractivity contribution in [2.75, 3.05) is 5.32 Å². The summed E-state index contributed by atoms with van der Waals surface area (Å²) in [5, 5.41) is 12.7. The third-order valence-corrected chi connectivity index (χ3v) is 3.04. The molecular weight excluding hydrogens is 356 g/mol. The highest BCUT2D eigenvalue weighted by Crippen LogP contribution is 2.33. The van der Waals surface area contributed by atoms with Crippen molar-refractivity contribution in [3.8, 4) is 11.5 Å². The van der Waals surface area contributed by atoms with Crippen LogP contribution in [0.15, 0.2) is 41.3 Å². The maximum atomic E-state index is 12.8. The summed E-state index contributed by atoms with van der Waals surface area (Å²) < 4.78 is 80.7. The van der Waals surface area contributed by atoms with Crippen LogP contribution in [0.5, 0.6) is 0 Å². The van der Waals surface area contributed by atoms with E-state index in [0.717, 1.165) is 30.7 Å². The van der Waals surface area contributed by atoms with E-state index < -0.39 is 18.0 Å². The van der Waals surface area contributed by atoms with Crippen LogP contribution in [0.1, 0.15) is 5.56 Å². The van der Waals surface area contributed by atoms with E-state index in [-0.39, 0.29) is 27.6 Å². The molecule has 0 atom stereocenters. The Labute approximate surface area is 135 Å². The zero-order valence-corrected chi connectivity index (χ0v) is 11.9. The summed E-state index contributed by atoms with van der Waals surface area (Å²) in [5.41, 5.74) is -0.952. The molecule has 0 spiro atoms. The van der Waals surface area contributed by atoms with Gasteiger partial charge in [0.1, 0.15) is 5.56 Å². The largest absolute Gasteiger partial charge is 0.504 e. The molecule has 3 rings (SSSR count). The summed E-state index contributed by atoms with van der Waals surface area (Å²) in [6, 6.07) is 3.70. The molecule has 0 amide bonds. The average Bonchev–Trinajstić information content (AvgIpc) is 3.15. The Morgan fingerprint density at radius 3 is 2.20 bits per heavy atom. The van der Waals surface area contributed by atoms with Gasteiger partial charge in [0.25, 0.3) is 5.89 Å². The van der Waals surface area contributed by atoms with Crippen LogP contribution in [0.4, 0.5) is 37.8 Å². The van der Waals surface area contributed by atoms with Gasteiger partial charge in [0, 0.05) is 11.9 Å². The summed E-state index contributed by atoms with van der Waals surface area (Å²) in [6.45, 7) is 0. The highest BCUT2D eigenvalue weighted by molar-refractivity contribution is 5.73. The second-order valence-corrected chi connectivity index (χ2v) is 4.75. The molecule has 132 valence electrons. The molecule has 1 N–H and O–H groups in total. The topological polar surface area (TPSA) is 68.8 Å². The number of alkyl halides is 6. The van der Waals surface area contributed by atoms with E-state index in [1.807, 2.05) is 0 Å². The van der Waals surface area contributed by atoms with E-state index >= 15 is 0 Å². The van der Waals surface area contributed by atoms with Gasteiger partial charge in [0.2, 0.25) is 6.39 Å². The highest BCUT2D eigenvalue weighted by atomic mass is 19.4. The van der Waals surface area contributed by atoms with Crippen molar-refractivity contribution in [1.29, 1.82) is 0 Å². The van der Waals surface area contributed by atoms with E-state index in [1.165, 1.54) is 0 Å². The van der Waals surface area contributed by atoms with Crippen molar-refractivity contribution >= 4 is 11.5 Å². The van der Waals surface area contributed by atoms with Crippen LogP contribution in [0.2, 0.25) is 0 Å². The second-order valence-electron chi connectivity index (χ2n) is 4.75. The third-order valence-electron chi connectivity index (χ3n) is 3.04. The van der Waals surface area contributed by atoms with E-state index in [9.17, 15) is 26.3 Å². The molecule has 0 aliphatic carbocycles. The molecule has 0 aliphatic rings. The van der Waals surface area contributed by atoms with Crippen LogP contribution in [0.3, 0.4) is 0 Å². The first-order chi connectivity index (χ1) is 11.6. The Balaban J connectivity index is 1.95. The predicted octanol–water partition coefficient (Wildman–Crippen LogP) is 4.17. The summed E-state index contributed by atoms with van der Waals surface area (Å²) in [5.74, 6) is -0.536. The fraction of sp³-hybridized carbons (Fsp3) is 0.154. The SMILES string of the molecule is FC(F)(F)c1ccc(Nc2nn(C(F)(F)F)cc2-c2nnco2)cc1. The number of nitrogens with one attached hydrogen (secondary N) is 1. The van der Waals surface area contributed by atoms with E-state index in [4.69, 9.17) is 4.42 Å². The number of hydrogen-bond donors (Lipinski definition) is 1. The molecule has 0 saturated heterocycles. The zero-order valence-electron chi connectivity index (χ0n) is 11.9. The van der Waals surface area contributed by atoms with E-state index in [1.54, 1.807) is 0 Å². The van der Waals surface area contributed by atoms with Crippen molar-refractivity contribution in [3.63, 3.8) is 0 Å². The number of halogens is 6. The minimum absolute atomic E-state index is 0.0983. The maximum absolute atomic E-state index is 12.8. The molecular formula is C13H7F6N5O. The summed E-state index contributed by atoms with van der Waals surface area (Å²) in [7, 11) is 0. The van der Waals surface area contributed by atoms with Crippen molar-refractivity contribution in [3.05, 3.63) is 42.4 Å². The van der Waals surface area contributed by atoms with Gasteiger partial charge >= 0.3 is 12.5 Å². The van der Waals surface area contributed by atoms with E-state index in [0.29, 0.717) is 6.20 Å². The summed E-state index contributed by atoms with van der Waals surface area (Å²) >= 11 is 0. The smallest absolute Gasteiger partial charge is 0.423 e. The first kappa shape index (κ1) is 16.8. The van der Waals surface area contributed by atoms with Gasteiger partial charge in [-0.15, -0.1) is 28.5 Å². The monoisotopic (exact) mass is 363 g/mol. The number of hydrogen-bond acceptors (Lipinski definition) is 5. The molecule has 0 saturated carbocycles. The van der Waals surface area contributed by atoms with Gasteiger partial charge < -0.3 is 9.73 Å². The fourth-order valence-electron chi connectivity index (χ4n) is 1.92. The van der Waals surface area contributed by atoms with Gasteiger partial charge in [-0.25, -0.2) is 0 Å². The predicted molar refractivity (Wildman–Crippen MR) is 71.5 cm³/mol. The van der Waals surface area contributed by atoms with Gasteiger partial charge in [0.15, 0.2) is 5.82 Å². The quantitative estimate of drug-likeness (QED) is 0.708.